The molecule has 0 aliphatic heterocycles. The van der Waals surface area contributed by atoms with Gasteiger partial charge in [-0.25, -0.2) is 0 Å². The summed E-state index contributed by atoms with van der Waals surface area (Å²) in [5.41, 5.74) is 5.67. The summed E-state index contributed by atoms with van der Waals surface area (Å²) in [6, 6.07) is 0. The van der Waals surface area contributed by atoms with E-state index in [0.717, 1.165) is 45.1 Å². The highest BCUT2D eigenvalue weighted by atomic mass is 16.4. The Morgan fingerprint density at radius 2 is 1.62 bits per heavy atom. The van der Waals surface area contributed by atoms with Crippen LogP contribution >= 0.6 is 0 Å². The highest BCUT2D eigenvalue weighted by molar-refractivity contribution is 5.75. The monoisotopic (exact) mass is 183 g/mol. The van der Waals surface area contributed by atoms with E-state index < -0.39 is 5.97 Å². The van der Waals surface area contributed by atoms with Crippen molar-refractivity contribution in [2.75, 3.05) is 6.54 Å². The van der Waals surface area contributed by atoms with Crippen LogP contribution in [0, 0.1) is 10.8 Å². The lowest BCUT2D eigenvalue weighted by Gasteiger charge is -2.50. The van der Waals surface area contributed by atoms with Crippen molar-refractivity contribution in [1.82, 2.24) is 0 Å². The number of hydrogen-bond acceptors (Lipinski definition) is 2. The van der Waals surface area contributed by atoms with Crippen LogP contribution in [-0.4, -0.2) is 17.6 Å². The maximum atomic E-state index is 11.1. The lowest BCUT2D eigenvalue weighted by molar-refractivity contribution is -0.158. The van der Waals surface area contributed by atoms with Crippen LogP contribution < -0.4 is 5.73 Å². The highest BCUT2D eigenvalue weighted by Crippen LogP contribution is 2.56. The molecule has 3 fully saturated rings. The van der Waals surface area contributed by atoms with Crippen LogP contribution in [0.15, 0.2) is 0 Å². The molecule has 0 heterocycles. The second-order valence-corrected chi connectivity index (χ2v) is 4.79. The molecule has 3 rings (SSSR count). The van der Waals surface area contributed by atoms with Gasteiger partial charge in [0.2, 0.25) is 0 Å². The van der Waals surface area contributed by atoms with Crippen molar-refractivity contribution in [2.45, 2.75) is 38.5 Å². The third-order valence-electron chi connectivity index (χ3n) is 4.29. The Kier molecular flexibility index (Phi) is 1.88. The summed E-state index contributed by atoms with van der Waals surface area (Å²) < 4.78 is 0. The third-order valence-corrected chi connectivity index (χ3v) is 4.29. The van der Waals surface area contributed by atoms with Crippen LogP contribution in [0.25, 0.3) is 0 Å². The van der Waals surface area contributed by atoms with E-state index >= 15 is 0 Å². The van der Waals surface area contributed by atoms with Crippen molar-refractivity contribution in [2.24, 2.45) is 16.6 Å². The molecule has 0 saturated heterocycles. The fraction of sp³-hybridized carbons (Fsp3) is 0.900. The van der Waals surface area contributed by atoms with Crippen molar-refractivity contribution in [1.29, 1.82) is 0 Å². The zero-order valence-electron chi connectivity index (χ0n) is 7.88. The minimum atomic E-state index is -0.585. The van der Waals surface area contributed by atoms with Crippen molar-refractivity contribution < 1.29 is 9.90 Å². The molecule has 3 aliphatic rings. The number of carboxylic acid groups (broad SMARTS) is 1. The predicted octanol–water partition coefficient (Wildman–Crippen LogP) is 1.37. The Labute approximate surface area is 78.3 Å². The van der Waals surface area contributed by atoms with Crippen LogP contribution in [-0.2, 0) is 4.79 Å². The first-order valence-electron chi connectivity index (χ1n) is 5.06. The molecule has 2 bridgehead atoms. The standard InChI is InChI=1S/C10H17NO2/c11-7-9-1-4-10(5-2-9,6-3-9)8(12)13/h1-7,11H2,(H,12,13). The molecule has 3 nitrogen and oxygen atoms in total. The molecule has 0 aromatic rings. The molecule has 3 N–H and O–H groups in total. The lowest BCUT2D eigenvalue weighted by atomic mass is 9.54. The summed E-state index contributed by atoms with van der Waals surface area (Å²) in [5, 5.41) is 9.14. The van der Waals surface area contributed by atoms with E-state index in [9.17, 15) is 4.79 Å². The van der Waals surface area contributed by atoms with E-state index in [4.69, 9.17) is 10.8 Å². The number of nitrogens with two attached hydrogens (primary N) is 1. The second-order valence-electron chi connectivity index (χ2n) is 4.79. The van der Waals surface area contributed by atoms with E-state index in [-0.39, 0.29) is 5.41 Å². The maximum absolute atomic E-state index is 11.1. The molecule has 13 heavy (non-hydrogen) atoms. The van der Waals surface area contributed by atoms with E-state index in [0.29, 0.717) is 5.41 Å². The van der Waals surface area contributed by atoms with Gasteiger partial charge in [0.05, 0.1) is 5.41 Å². The van der Waals surface area contributed by atoms with Crippen molar-refractivity contribution in [3.05, 3.63) is 0 Å². The second kappa shape index (κ2) is 2.71. The van der Waals surface area contributed by atoms with Gasteiger partial charge in [-0.05, 0) is 50.5 Å². The molecule has 0 radical (unpaired) electrons. The van der Waals surface area contributed by atoms with Crippen LogP contribution in [0.3, 0.4) is 0 Å². The Morgan fingerprint density at radius 3 is 1.92 bits per heavy atom. The minimum absolute atomic E-state index is 0.303. The molecule has 0 amide bonds. The fourth-order valence-corrected chi connectivity index (χ4v) is 2.89. The highest BCUT2D eigenvalue weighted by Gasteiger charge is 2.51. The first-order chi connectivity index (χ1) is 6.13. The average Bonchev–Trinajstić information content (AvgIpc) is 2.20. The van der Waals surface area contributed by atoms with E-state index in [1.165, 1.54) is 0 Å². The van der Waals surface area contributed by atoms with Gasteiger partial charge in [-0.2, -0.15) is 0 Å². The predicted molar refractivity (Wildman–Crippen MR) is 49.3 cm³/mol. The Hall–Kier alpha value is -0.570. The summed E-state index contributed by atoms with van der Waals surface area (Å²) in [7, 11) is 0. The van der Waals surface area contributed by atoms with Crippen LogP contribution in [0.1, 0.15) is 38.5 Å². The minimum Gasteiger partial charge on any atom is -0.481 e. The number of carbonyl (C=O) groups is 1. The molecule has 74 valence electrons. The molecular formula is C10H17NO2. The molecule has 3 heteroatoms. The molecule has 0 aromatic heterocycles. The SMILES string of the molecule is NCC12CCC(C(=O)O)(CC1)CC2. The Bertz CT molecular complexity index is 213. The summed E-state index contributed by atoms with van der Waals surface area (Å²) in [5.74, 6) is -0.585. The number of aliphatic carboxylic acids is 1. The summed E-state index contributed by atoms with van der Waals surface area (Å²) >= 11 is 0. The van der Waals surface area contributed by atoms with Gasteiger partial charge in [0.25, 0.3) is 0 Å². The molecule has 0 aromatic carbocycles. The van der Waals surface area contributed by atoms with Crippen LogP contribution in [0.5, 0.6) is 0 Å². The van der Waals surface area contributed by atoms with E-state index in [2.05, 4.69) is 0 Å². The summed E-state index contributed by atoms with van der Waals surface area (Å²) in [6.07, 6.45) is 5.61. The van der Waals surface area contributed by atoms with Gasteiger partial charge in [-0.1, -0.05) is 0 Å². The number of carboxylic acids is 1. The van der Waals surface area contributed by atoms with Crippen molar-refractivity contribution in [3.63, 3.8) is 0 Å². The largest absolute Gasteiger partial charge is 0.481 e. The molecule has 0 unspecified atom stereocenters. The van der Waals surface area contributed by atoms with Gasteiger partial charge < -0.3 is 10.8 Å². The third kappa shape index (κ3) is 1.17. The number of rotatable bonds is 2. The molecule has 3 aliphatic carbocycles. The first-order valence-corrected chi connectivity index (χ1v) is 5.06. The Morgan fingerprint density at radius 1 is 1.15 bits per heavy atom. The average molecular weight is 183 g/mol. The van der Waals surface area contributed by atoms with E-state index in [1.807, 2.05) is 0 Å². The van der Waals surface area contributed by atoms with Gasteiger partial charge in [0.15, 0.2) is 0 Å². The number of hydrogen-bond donors (Lipinski definition) is 2. The maximum Gasteiger partial charge on any atom is 0.309 e. The molecular weight excluding hydrogens is 166 g/mol. The number of fused-ring (bicyclic) bond motifs is 3. The van der Waals surface area contributed by atoms with Crippen molar-refractivity contribution in [3.8, 4) is 0 Å². The smallest absolute Gasteiger partial charge is 0.309 e. The zero-order chi connectivity index (χ0) is 9.53. The Balaban J connectivity index is 2.16. The van der Waals surface area contributed by atoms with E-state index in [1.54, 1.807) is 0 Å². The van der Waals surface area contributed by atoms with Crippen molar-refractivity contribution >= 4 is 5.97 Å². The van der Waals surface area contributed by atoms with Gasteiger partial charge >= 0.3 is 5.97 Å². The summed E-state index contributed by atoms with van der Waals surface area (Å²) in [6.45, 7) is 0.739. The fourth-order valence-electron chi connectivity index (χ4n) is 2.89. The van der Waals surface area contributed by atoms with Gasteiger partial charge in [-0.15, -0.1) is 0 Å². The normalized spacial score (nSPS) is 43.5. The molecule has 3 saturated carbocycles. The van der Waals surface area contributed by atoms with Gasteiger partial charge in [0, 0.05) is 0 Å². The zero-order valence-corrected chi connectivity index (χ0v) is 7.88. The first kappa shape index (κ1) is 9.00. The van der Waals surface area contributed by atoms with Gasteiger partial charge in [-0.3, -0.25) is 4.79 Å². The topological polar surface area (TPSA) is 63.3 Å². The van der Waals surface area contributed by atoms with Crippen LogP contribution in [0.2, 0.25) is 0 Å². The quantitative estimate of drug-likeness (QED) is 0.679. The van der Waals surface area contributed by atoms with Gasteiger partial charge in [0.1, 0.15) is 0 Å². The summed E-state index contributed by atoms with van der Waals surface area (Å²) in [4.78, 5) is 11.1. The lowest BCUT2D eigenvalue weighted by Crippen LogP contribution is -2.48. The van der Waals surface area contributed by atoms with Crippen LogP contribution in [0.4, 0.5) is 0 Å². The molecule has 0 atom stereocenters. The molecule has 0 spiro atoms.